The maximum Gasteiger partial charge on any atom is 0.0548 e. The molecule has 2 rings (SSSR count). The molecule has 2 heteroatoms. The molecule has 1 aliphatic heterocycles. The lowest BCUT2D eigenvalue weighted by atomic mass is 10.0. The van der Waals surface area contributed by atoms with Crippen molar-refractivity contribution in [3.05, 3.63) is 35.4 Å². The molecule has 14 heavy (non-hydrogen) atoms. The molecule has 0 aromatic heterocycles. The molecule has 1 heterocycles. The largest absolute Gasteiger partial charge is 0.350 e. The normalized spacial score (nSPS) is 14.7. The number of thioether (sulfide) groups is 1. The van der Waals surface area contributed by atoms with Gasteiger partial charge in [-0.2, -0.15) is 0 Å². The van der Waals surface area contributed by atoms with Gasteiger partial charge in [0.2, 0.25) is 0 Å². The SMILES string of the molecule is CC(C)c1ccc2c(c1)N(C)C=CS2. The van der Waals surface area contributed by atoms with Crippen molar-refractivity contribution in [1.29, 1.82) is 0 Å². The average Bonchev–Trinajstić information content (AvgIpc) is 2.18. The van der Waals surface area contributed by atoms with Gasteiger partial charge in [-0.25, -0.2) is 0 Å². The van der Waals surface area contributed by atoms with Crippen molar-refractivity contribution in [2.45, 2.75) is 24.7 Å². The third-order valence-corrected chi connectivity index (χ3v) is 3.37. The second-order valence-electron chi connectivity index (χ2n) is 3.90. The summed E-state index contributed by atoms with van der Waals surface area (Å²) < 4.78 is 0. The fourth-order valence-corrected chi connectivity index (χ4v) is 2.40. The second-order valence-corrected chi connectivity index (χ2v) is 4.84. The molecule has 0 saturated carbocycles. The minimum absolute atomic E-state index is 0.601. The van der Waals surface area contributed by atoms with Crippen molar-refractivity contribution in [3.63, 3.8) is 0 Å². The molecule has 0 fully saturated rings. The van der Waals surface area contributed by atoms with Crippen LogP contribution in [0.3, 0.4) is 0 Å². The Hall–Kier alpha value is -0.890. The van der Waals surface area contributed by atoms with Crippen molar-refractivity contribution >= 4 is 17.4 Å². The van der Waals surface area contributed by atoms with Crippen LogP contribution in [0.2, 0.25) is 0 Å². The van der Waals surface area contributed by atoms with Gasteiger partial charge in [-0.3, -0.25) is 0 Å². The van der Waals surface area contributed by atoms with Crippen molar-refractivity contribution < 1.29 is 0 Å². The van der Waals surface area contributed by atoms with E-state index >= 15 is 0 Å². The average molecular weight is 205 g/mol. The van der Waals surface area contributed by atoms with Gasteiger partial charge in [0, 0.05) is 18.1 Å². The highest BCUT2D eigenvalue weighted by Crippen LogP contribution is 2.36. The van der Waals surface area contributed by atoms with Crippen LogP contribution in [0.15, 0.2) is 34.7 Å². The molecule has 0 bridgehead atoms. The van der Waals surface area contributed by atoms with Crippen LogP contribution in [-0.2, 0) is 0 Å². The lowest BCUT2D eigenvalue weighted by Crippen LogP contribution is -2.11. The fraction of sp³-hybridized carbons (Fsp3) is 0.333. The van der Waals surface area contributed by atoms with Gasteiger partial charge in [0.1, 0.15) is 0 Å². The van der Waals surface area contributed by atoms with Gasteiger partial charge >= 0.3 is 0 Å². The summed E-state index contributed by atoms with van der Waals surface area (Å²) >= 11 is 1.79. The van der Waals surface area contributed by atoms with E-state index in [-0.39, 0.29) is 0 Å². The van der Waals surface area contributed by atoms with Crippen molar-refractivity contribution in [2.24, 2.45) is 0 Å². The van der Waals surface area contributed by atoms with E-state index in [1.54, 1.807) is 11.8 Å². The monoisotopic (exact) mass is 205 g/mol. The van der Waals surface area contributed by atoms with Crippen molar-refractivity contribution in [1.82, 2.24) is 0 Å². The molecule has 0 radical (unpaired) electrons. The summed E-state index contributed by atoms with van der Waals surface area (Å²) in [6, 6.07) is 6.73. The number of benzene rings is 1. The summed E-state index contributed by atoms with van der Waals surface area (Å²) in [6.45, 7) is 4.46. The highest BCUT2D eigenvalue weighted by molar-refractivity contribution is 8.02. The van der Waals surface area contributed by atoms with Gasteiger partial charge in [-0.15, -0.1) is 0 Å². The van der Waals surface area contributed by atoms with Crippen LogP contribution in [-0.4, -0.2) is 7.05 Å². The maximum absolute atomic E-state index is 2.29. The van der Waals surface area contributed by atoms with Crippen LogP contribution in [0, 0.1) is 0 Å². The zero-order valence-corrected chi connectivity index (χ0v) is 9.64. The predicted molar refractivity (Wildman–Crippen MR) is 63.9 cm³/mol. The molecule has 1 aromatic rings. The molecule has 0 saturated heterocycles. The van der Waals surface area contributed by atoms with Crippen LogP contribution in [0.1, 0.15) is 25.3 Å². The van der Waals surface area contributed by atoms with E-state index < -0.39 is 0 Å². The van der Waals surface area contributed by atoms with Crippen molar-refractivity contribution in [3.8, 4) is 0 Å². The first-order valence-electron chi connectivity index (χ1n) is 4.88. The van der Waals surface area contributed by atoms with Gasteiger partial charge in [0.15, 0.2) is 0 Å². The Labute approximate surface area is 89.8 Å². The summed E-state index contributed by atoms with van der Waals surface area (Å²) in [6.07, 6.45) is 2.11. The van der Waals surface area contributed by atoms with Gasteiger partial charge in [0.05, 0.1) is 5.69 Å². The minimum Gasteiger partial charge on any atom is -0.350 e. The fourth-order valence-electron chi connectivity index (χ4n) is 1.54. The zero-order chi connectivity index (χ0) is 10.1. The van der Waals surface area contributed by atoms with Crippen LogP contribution < -0.4 is 4.90 Å². The smallest absolute Gasteiger partial charge is 0.0548 e. The highest BCUT2D eigenvalue weighted by Gasteiger charge is 2.11. The molecule has 0 atom stereocenters. The Morgan fingerprint density at radius 1 is 1.29 bits per heavy atom. The Morgan fingerprint density at radius 2 is 2.07 bits per heavy atom. The standard InChI is InChI=1S/C12H15NS/c1-9(2)10-4-5-12-11(8-10)13(3)6-7-14-12/h4-9H,1-3H3. The Kier molecular flexibility index (Phi) is 2.55. The molecule has 1 aliphatic rings. The molecule has 0 amide bonds. The Balaban J connectivity index is 2.44. The van der Waals surface area contributed by atoms with Crippen LogP contribution in [0.25, 0.3) is 0 Å². The first-order chi connectivity index (χ1) is 6.68. The lowest BCUT2D eigenvalue weighted by Gasteiger charge is -2.22. The van der Waals surface area contributed by atoms with Gasteiger partial charge in [-0.05, 0) is 29.0 Å². The summed E-state index contributed by atoms with van der Waals surface area (Å²) in [7, 11) is 2.10. The van der Waals surface area contributed by atoms with Crippen LogP contribution >= 0.6 is 11.8 Å². The number of fused-ring (bicyclic) bond motifs is 1. The van der Waals surface area contributed by atoms with E-state index in [0.29, 0.717) is 5.92 Å². The zero-order valence-electron chi connectivity index (χ0n) is 8.82. The molecule has 0 N–H and O–H groups in total. The topological polar surface area (TPSA) is 3.24 Å². The molecule has 1 aromatic carbocycles. The third-order valence-electron chi connectivity index (χ3n) is 2.51. The van der Waals surface area contributed by atoms with E-state index in [1.807, 2.05) is 0 Å². The molecule has 0 aliphatic carbocycles. The van der Waals surface area contributed by atoms with Crippen molar-refractivity contribution in [2.75, 3.05) is 11.9 Å². The minimum atomic E-state index is 0.601. The third kappa shape index (κ3) is 1.67. The number of rotatable bonds is 1. The number of nitrogens with zero attached hydrogens (tertiary/aromatic N) is 1. The van der Waals surface area contributed by atoms with Gasteiger partial charge in [-0.1, -0.05) is 31.7 Å². The Morgan fingerprint density at radius 3 is 2.79 bits per heavy atom. The first kappa shape index (κ1) is 9.66. The van der Waals surface area contributed by atoms with Gasteiger partial charge in [0.25, 0.3) is 0 Å². The highest BCUT2D eigenvalue weighted by atomic mass is 32.2. The summed E-state index contributed by atoms with van der Waals surface area (Å²) in [5.74, 6) is 0.601. The number of hydrogen-bond donors (Lipinski definition) is 0. The van der Waals surface area contributed by atoms with E-state index in [4.69, 9.17) is 0 Å². The second kappa shape index (κ2) is 3.70. The lowest BCUT2D eigenvalue weighted by molar-refractivity contribution is 0.863. The van der Waals surface area contributed by atoms with E-state index in [9.17, 15) is 0 Å². The quantitative estimate of drug-likeness (QED) is 0.685. The summed E-state index contributed by atoms with van der Waals surface area (Å²) in [5.41, 5.74) is 2.73. The molecule has 1 nitrogen and oxygen atoms in total. The maximum atomic E-state index is 2.29. The Bertz CT molecular complexity index is 369. The molecule has 0 spiro atoms. The molecular weight excluding hydrogens is 190 g/mol. The van der Waals surface area contributed by atoms with Gasteiger partial charge < -0.3 is 4.90 Å². The van der Waals surface area contributed by atoms with Crippen LogP contribution in [0.4, 0.5) is 5.69 Å². The first-order valence-corrected chi connectivity index (χ1v) is 5.76. The number of anilines is 1. The summed E-state index contributed by atoms with van der Waals surface area (Å²) in [4.78, 5) is 3.52. The van der Waals surface area contributed by atoms with E-state index in [0.717, 1.165) is 0 Å². The molecule has 0 unspecified atom stereocenters. The molecular formula is C12H15NS. The predicted octanol–water partition coefficient (Wildman–Crippen LogP) is 3.82. The molecule has 74 valence electrons. The summed E-state index contributed by atoms with van der Waals surface area (Å²) in [5, 5.41) is 2.12. The number of hydrogen-bond acceptors (Lipinski definition) is 2. The van der Waals surface area contributed by atoms with Crippen LogP contribution in [0.5, 0.6) is 0 Å². The van der Waals surface area contributed by atoms with E-state index in [2.05, 4.69) is 55.6 Å². The van der Waals surface area contributed by atoms with E-state index in [1.165, 1.54) is 16.1 Å².